The molecule has 3 aliphatic heterocycles. The van der Waals surface area contributed by atoms with Crippen molar-refractivity contribution in [2.24, 2.45) is 11.8 Å². The Kier molecular flexibility index (Phi) is 11.7. The van der Waals surface area contributed by atoms with Gasteiger partial charge in [0.25, 0.3) is 0 Å². The monoisotopic (exact) mass is 669 g/mol. The van der Waals surface area contributed by atoms with Crippen molar-refractivity contribution in [3.05, 3.63) is 71.8 Å². The van der Waals surface area contributed by atoms with Crippen LogP contribution in [0.15, 0.2) is 60.7 Å². The van der Waals surface area contributed by atoms with Gasteiger partial charge in [0.15, 0.2) is 0 Å². The molecule has 3 saturated heterocycles. The van der Waals surface area contributed by atoms with Gasteiger partial charge >= 0.3 is 23.6 Å². The average Bonchev–Trinajstić information content (AvgIpc) is 3.55. The van der Waals surface area contributed by atoms with E-state index in [0.29, 0.717) is 57.4 Å². The van der Waals surface area contributed by atoms with E-state index >= 15 is 0 Å². The molecule has 3 heterocycles. The van der Waals surface area contributed by atoms with Crippen LogP contribution in [0.2, 0.25) is 0 Å². The standard InChI is InChI=1S/C40H55N5O4/c1-29(2)21-35-28-45(40(49)39(48)43(35)25-32-17-10-5-11-18-32)36(23-31-15-8-4-9-16-31)26-42-20-12-19-33(42)27-44-34(24-41-37(46)38(44)47)22-30-13-6-3-7-14-30/h3-4,6-9,13-16,29,32-36H,5,10-12,17-28H2,1-2H3,(H,41,46)/t33-,34+,35+,36+/m1/s1. The summed E-state index contributed by atoms with van der Waals surface area (Å²) >= 11 is 0. The van der Waals surface area contributed by atoms with Gasteiger partial charge in [0.05, 0.1) is 12.1 Å². The Morgan fingerprint density at radius 3 is 2.08 bits per heavy atom. The van der Waals surface area contributed by atoms with Crippen molar-refractivity contribution in [2.45, 2.75) is 102 Å². The van der Waals surface area contributed by atoms with Gasteiger partial charge in [-0.15, -0.1) is 0 Å². The number of carbonyl (C=O) groups is 4. The van der Waals surface area contributed by atoms with E-state index < -0.39 is 11.8 Å². The molecule has 2 aromatic rings. The van der Waals surface area contributed by atoms with E-state index in [-0.39, 0.29) is 36.0 Å². The molecule has 1 N–H and O–H groups in total. The van der Waals surface area contributed by atoms with Gasteiger partial charge in [-0.1, -0.05) is 93.8 Å². The Labute approximate surface area is 292 Å². The van der Waals surface area contributed by atoms with Gasteiger partial charge in [0, 0.05) is 44.8 Å². The number of hydrogen-bond donors (Lipinski definition) is 1. The van der Waals surface area contributed by atoms with Gasteiger partial charge in [-0.3, -0.25) is 24.1 Å². The molecular weight excluding hydrogens is 614 g/mol. The van der Waals surface area contributed by atoms with Crippen LogP contribution in [0.25, 0.3) is 0 Å². The lowest BCUT2D eigenvalue weighted by Gasteiger charge is -2.46. The van der Waals surface area contributed by atoms with Crippen molar-refractivity contribution in [3.8, 4) is 0 Å². The van der Waals surface area contributed by atoms with Crippen LogP contribution in [-0.2, 0) is 32.0 Å². The van der Waals surface area contributed by atoms with Crippen LogP contribution in [0.3, 0.4) is 0 Å². The minimum absolute atomic E-state index is 0.00278. The number of piperazine rings is 2. The smallest absolute Gasteiger partial charge is 0.312 e. The summed E-state index contributed by atoms with van der Waals surface area (Å²) in [6, 6.07) is 20.1. The Hall–Kier alpha value is -3.72. The van der Waals surface area contributed by atoms with Crippen molar-refractivity contribution < 1.29 is 19.2 Å². The molecule has 4 fully saturated rings. The molecule has 0 spiro atoms. The summed E-state index contributed by atoms with van der Waals surface area (Å²) in [4.78, 5) is 62.1. The van der Waals surface area contributed by atoms with E-state index in [9.17, 15) is 19.2 Å². The van der Waals surface area contributed by atoms with Gasteiger partial charge in [-0.25, -0.2) is 0 Å². The van der Waals surface area contributed by atoms with E-state index in [1.165, 1.54) is 19.3 Å². The van der Waals surface area contributed by atoms with Crippen LogP contribution in [0.4, 0.5) is 0 Å². The maximum atomic E-state index is 14.1. The predicted molar refractivity (Wildman–Crippen MR) is 190 cm³/mol. The first-order valence-electron chi connectivity index (χ1n) is 18.8. The third-order valence-corrected chi connectivity index (χ3v) is 11.3. The number of nitrogens with one attached hydrogen (secondary N) is 1. The molecule has 4 aliphatic rings. The average molecular weight is 670 g/mol. The largest absolute Gasteiger partial charge is 0.346 e. The molecule has 4 atom stereocenters. The molecule has 1 saturated carbocycles. The van der Waals surface area contributed by atoms with Crippen molar-refractivity contribution in [3.63, 3.8) is 0 Å². The zero-order valence-corrected chi connectivity index (χ0v) is 29.5. The Morgan fingerprint density at radius 2 is 1.39 bits per heavy atom. The van der Waals surface area contributed by atoms with Crippen molar-refractivity contribution in [2.75, 3.05) is 39.3 Å². The van der Waals surface area contributed by atoms with E-state index in [0.717, 1.165) is 49.8 Å². The van der Waals surface area contributed by atoms with Crippen LogP contribution in [0, 0.1) is 11.8 Å². The predicted octanol–water partition coefficient (Wildman–Crippen LogP) is 4.30. The summed E-state index contributed by atoms with van der Waals surface area (Å²) < 4.78 is 0. The highest BCUT2D eigenvalue weighted by molar-refractivity contribution is 6.36. The summed E-state index contributed by atoms with van der Waals surface area (Å²) in [6.45, 7) is 8.02. The lowest BCUT2D eigenvalue weighted by molar-refractivity contribution is -0.162. The SMILES string of the molecule is CC(C)C[C@H]1CN([C@@H](Cc2ccccc2)CN2CCC[C@@H]2CN2C(=O)C(=O)NC[C@@H]2Cc2ccccc2)C(=O)C(=O)N1CC1CCCCC1. The summed E-state index contributed by atoms with van der Waals surface area (Å²) in [6.07, 6.45) is 10.0. The second kappa shape index (κ2) is 16.3. The quantitative estimate of drug-likeness (QED) is 0.322. The first-order valence-corrected chi connectivity index (χ1v) is 18.8. The van der Waals surface area contributed by atoms with Crippen LogP contribution >= 0.6 is 0 Å². The van der Waals surface area contributed by atoms with E-state index in [2.05, 4.69) is 48.3 Å². The van der Waals surface area contributed by atoms with E-state index in [4.69, 9.17) is 0 Å². The normalized spacial score (nSPS) is 25.0. The van der Waals surface area contributed by atoms with Gasteiger partial charge < -0.3 is 20.0 Å². The maximum absolute atomic E-state index is 14.1. The highest BCUT2D eigenvalue weighted by atomic mass is 16.2. The number of rotatable bonds is 13. The summed E-state index contributed by atoms with van der Waals surface area (Å²) in [7, 11) is 0. The number of likely N-dealkylation sites (tertiary alicyclic amines) is 1. The van der Waals surface area contributed by atoms with E-state index in [1.807, 2.05) is 46.2 Å². The molecule has 0 unspecified atom stereocenters. The summed E-state index contributed by atoms with van der Waals surface area (Å²) in [5, 5.41) is 2.80. The molecule has 264 valence electrons. The molecule has 0 radical (unpaired) electrons. The van der Waals surface area contributed by atoms with Crippen LogP contribution in [0.5, 0.6) is 0 Å². The third-order valence-electron chi connectivity index (χ3n) is 11.3. The molecule has 9 nitrogen and oxygen atoms in total. The Morgan fingerprint density at radius 1 is 0.714 bits per heavy atom. The van der Waals surface area contributed by atoms with Gasteiger partial charge in [0.1, 0.15) is 0 Å². The number of benzene rings is 2. The topological polar surface area (TPSA) is 93.3 Å². The van der Waals surface area contributed by atoms with Crippen LogP contribution in [0.1, 0.15) is 76.3 Å². The van der Waals surface area contributed by atoms with E-state index in [1.54, 1.807) is 4.90 Å². The molecule has 1 aliphatic carbocycles. The second-order valence-corrected chi connectivity index (χ2v) is 15.3. The first-order chi connectivity index (χ1) is 23.8. The van der Waals surface area contributed by atoms with Crippen molar-refractivity contribution >= 4 is 23.6 Å². The molecule has 4 amide bonds. The van der Waals surface area contributed by atoms with Crippen molar-refractivity contribution in [1.82, 2.24) is 24.9 Å². The molecule has 49 heavy (non-hydrogen) atoms. The molecular formula is C40H55N5O4. The summed E-state index contributed by atoms with van der Waals surface area (Å²) in [5.41, 5.74) is 2.27. The fourth-order valence-electron chi connectivity index (χ4n) is 8.75. The highest BCUT2D eigenvalue weighted by Gasteiger charge is 2.44. The molecule has 2 aromatic carbocycles. The summed E-state index contributed by atoms with van der Waals surface area (Å²) in [5.74, 6) is -0.846. The highest BCUT2D eigenvalue weighted by Crippen LogP contribution is 2.30. The minimum atomic E-state index is -0.540. The number of amides is 4. The lowest BCUT2D eigenvalue weighted by atomic mass is 9.87. The molecule has 0 bridgehead atoms. The minimum Gasteiger partial charge on any atom is -0.346 e. The number of hydrogen-bond acceptors (Lipinski definition) is 5. The van der Waals surface area contributed by atoms with Crippen LogP contribution in [-0.4, -0.2) is 107 Å². The molecule has 9 heteroatoms. The van der Waals surface area contributed by atoms with Gasteiger partial charge in [-0.05, 0) is 74.5 Å². The van der Waals surface area contributed by atoms with Crippen LogP contribution < -0.4 is 5.32 Å². The van der Waals surface area contributed by atoms with Gasteiger partial charge in [-0.2, -0.15) is 0 Å². The van der Waals surface area contributed by atoms with Gasteiger partial charge in [0.2, 0.25) is 0 Å². The number of carbonyl (C=O) groups excluding carboxylic acids is 4. The molecule has 0 aromatic heterocycles. The second-order valence-electron chi connectivity index (χ2n) is 15.3. The van der Waals surface area contributed by atoms with Crippen molar-refractivity contribution in [1.29, 1.82) is 0 Å². The number of nitrogens with zero attached hydrogens (tertiary/aromatic N) is 4. The first kappa shape index (κ1) is 35.1. The zero-order chi connectivity index (χ0) is 34.3. The maximum Gasteiger partial charge on any atom is 0.312 e. The zero-order valence-electron chi connectivity index (χ0n) is 29.5. The fourth-order valence-corrected chi connectivity index (χ4v) is 8.75. The third kappa shape index (κ3) is 8.72. The molecule has 6 rings (SSSR count). The Bertz CT molecular complexity index is 1430. The fraction of sp³-hybridized carbons (Fsp3) is 0.600. The lowest BCUT2D eigenvalue weighted by Crippen LogP contribution is -2.65. The Balaban J connectivity index is 1.22.